The summed E-state index contributed by atoms with van der Waals surface area (Å²) >= 11 is 0. The van der Waals surface area contributed by atoms with Gasteiger partial charge in [0.05, 0.1) is 0 Å². The van der Waals surface area contributed by atoms with Crippen molar-refractivity contribution in [3.8, 4) is 0 Å². The number of rotatable bonds is 3. The Balaban J connectivity index is 2.64. The standard InChI is InChI=1S/C12H19N/c1-10(2)13(4)9-12-7-5-6-11(3)8-12/h5-8,10H,9H2,1-4H3. The average Bonchev–Trinajstić information content (AvgIpc) is 2.04. The first kappa shape index (κ1) is 10.3. The van der Waals surface area contributed by atoms with Gasteiger partial charge in [-0.1, -0.05) is 29.8 Å². The highest BCUT2D eigenvalue weighted by Gasteiger charge is 2.03. The Hall–Kier alpha value is -0.820. The minimum atomic E-state index is 0.612. The first-order chi connectivity index (χ1) is 6.09. The number of hydrogen-bond acceptors (Lipinski definition) is 1. The third-order valence-corrected chi connectivity index (χ3v) is 2.40. The molecule has 1 heteroatoms. The van der Waals surface area contributed by atoms with Crippen LogP contribution in [0.5, 0.6) is 0 Å². The van der Waals surface area contributed by atoms with Gasteiger partial charge in [0.1, 0.15) is 0 Å². The summed E-state index contributed by atoms with van der Waals surface area (Å²) < 4.78 is 0. The maximum Gasteiger partial charge on any atom is 0.0233 e. The molecule has 72 valence electrons. The minimum Gasteiger partial charge on any atom is -0.300 e. The Kier molecular flexibility index (Phi) is 3.49. The van der Waals surface area contributed by atoms with Gasteiger partial charge in [0.15, 0.2) is 0 Å². The fourth-order valence-electron chi connectivity index (χ4n) is 1.28. The van der Waals surface area contributed by atoms with Gasteiger partial charge < -0.3 is 0 Å². The van der Waals surface area contributed by atoms with E-state index in [9.17, 15) is 0 Å². The predicted molar refractivity (Wildman–Crippen MR) is 57.8 cm³/mol. The zero-order chi connectivity index (χ0) is 9.84. The van der Waals surface area contributed by atoms with Crippen LogP contribution in [0.2, 0.25) is 0 Å². The number of hydrogen-bond donors (Lipinski definition) is 0. The van der Waals surface area contributed by atoms with E-state index in [4.69, 9.17) is 0 Å². The minimum absolute atomic E-state index is 0.612. The SMILES string of the molecule is Cc1cccc(CN(C)C(C)C)c1. The number of aryl methyl sites for hydroxylation is 1. The van der Waals surface area contributed by atoms with Gasteiger partial charge in [-0.3, -0.25) is 4.90 Å². The molecule has 0 atom stereocenters. The maximum absolute atomic E-state index is 2.34. The van der Waals surface area contributed by atoms with Crippen LogP contribution in [0.25, 0.3) is 0 Å². The molecular weight excluding hydrogens is 158 g/mol. The van der Waals surface area contributed by atoms with Crippen LogP contribution in [0.3, 0.4) is 0 Å². The molecule has 0 radical (unpaired) electrons. The lowest BCUT2D eigenvalue weighted by Gasteiger charge is -2.21. The Morgan fingerprint density at radius 3 is 2.54 bits per heavy atom. The molecular formula is C12H19N. The van der Waals surface area contributed by atoms with Crippen molar-refractivity contribution in [1.29, 1.82) is 0 Å². The van der Waals surface area contributed by atoms with Gasteiger partial charge in [-0.15, -0.1) is 0 Å². The molecule has 0 N–H and O–H groups in total. The number of benzene rings is 1. The molecule has 0 saturated carbocycles. The zero-order valence-corrected chi connectivity index (χ0v) is 9.04. The van der Waals surface area contributed by atoms with Gasteiger partial charge in [-0.25, -0.2) is 0 Å². The van der Waals surface area contributed by atoms with E-state index >= 15 is 0 Å². The van der Waals surface area contributed by atoms with Gasteiger partial charge in [0, 0.05) is 12.6 Å². The second kappa shape index (κ2) is 4.43. The van der Waals surface area contributed by atoms with Crippen molar-refractivity contribution in [1.82, 2.24) is 4.90 Å². The molecule has 1 nitrogen and oxygen atoms in total. The Labute approximate surface area is 81.4 Å². The molecule has 0 aliphatic heterocycles. The van der Waals surface area contributed by atoms with Crippen LogP contribution in [-0.2, 0) is 6.54 Å². The lowest BCUT2D eigenvalue weighted by Crippen LogP contribution is -2.25. The summed E-state index contributed by atoms with van der Waals surface area (Å²) in [7, 11) is 2.16. The quantitative estimate of drug-likeness (QED) is 0.686. The van der Waals surface area contributed by atoms with E-state index in [2.05, 4.69) is 57.0 Å². The summed E-state index contributed by atoms with van der Waals surface area (Å²) in [5.74, 6) is 0. The average molecular weight is 177 g/mol. The topological polar surface area (TPSA) is 3.24 Å². The molecule has 13 heavy (non-hydrogen) atoms. The summed E-state index contributed by atoms with van der Waals surface area (Å²) in [6.07, 6.45) is 0. The maximum atomic E-state index is 2.34. The van der Waals surface area contributed by atoms with Crippen molar-refractivity contribution in [2.45, 2.75) is 33.4 Å². The predicted octanol–water partition coefficient (Wildman–Crippen LogP) is 2.84. The van der Waals surface area contributed by atoms with E-state index in [1.54, 1.807) is 0 Å². The molecule has 0 spiro atoms. The molecule has 1 aromatic rings. The van der Waals surface area contributed by atoms with Gasteiger partial charge in [-0.05, 0) is 33.4 Å². The van der Waals surface area contributed by atoms with Crippen LogP contribution in [0, 0.1) is 6.92 Å². The molecule has 0 fully saturated rings. The molecule has 1 rings (SSSR count). The van der Waals surface area contributed by atoms with Crippen molar-refractivity contribution in [2.75, 3.05) is 7.05 Å². The lowest BCUT2D eigenvalue weighted by atomic mass is 10.1. The van der Waals surface area contributed by atoms with Crippen molar-refractivity contribution >= 4 is 0 Å². The molecule has 0 unspecified atom stereocenters. The fraction of sp³-hybridized carbons (Fsp3) is 0.500. The van der Waals surface area contributed by atoms with E-state index in [1.807, 2.05) is 0 Å². The molecule has 0 saturated heterocycles. The van der Waals surface area contributed by atoms with Crippen LogP contribution < -0.4 is 0 Å². The van der Waals surface area contributed by atoms with E-state index in [0.29, 0.717) is 6.04 Å². The van der Waals surface area contributed by atoms with Crippen LogP contribution in [0.15, 0.2) is 24.3 Å². The number of nitrogens with zero attached hydrogens (tertiary/aromatic N) is 1. The van der Waals surface area contributed by atoms with Crippen molar-refractivity contribution in [3.63, 3.8) is 0 Å². The normalized spacial score (nSPS) is 11.2. The molecule has 0 aromatic heterocycles. The van der Waals surface area contributed by atoms with Crippen LogP contribution >= 0.6 is 0 Å². The summed E-state index contributed by atoms with van der Waals surface area (Å²) in [6.45, 7) is 7.61. The zero-order valence-electron chi connectivity index (χ0n) is 9.04. The molecule has 0 amide bonds. The van der Waals surface area contributed by atoms with E-state index < -0.39 is 0 Å². The van der Waals surface area contributed by atoms with Crippen molar-refractivity contribution in [2.24, 2.45) is 0 Å². The molecule has 0 aliphatic carbocycles. The Morgan fingerprint density at radius 1 is 1.31 bits per heavy atom. The molecule has 1 aromatic carbocycles. The van der Waals surface area contributed by atoms with Crippen LogP contribution in [0.1, 0.15) is 25.0 Å². The monoisotopic (exact) mass is 177 g/mol. The van der Waals surface area contributed by atoms with Gasteiger partial charge in [0.25, 0.3) is 0 Å². The van der Waals surface area contributed by atoms with Gasteiger partial charge in [0.2, 0.25) is 0 Å². The first-order valence-corrected chi connectivity index (χ1v) is 4.85. The van der Waals surface area contributed by atoms with Gasteiger partial charge >= 0.3 is 0 Å². The van der Waals surface area contributed by atoms with Crippen molar-refractivity contribution in [3.05, 3.63) is 35.4 Å². The Bertz CT molecular complexity index is 266. The van der Waals surface area contributed by atoms with Crippen molar-refractivity contribution < 1.29 is 0 Å². The third kappa shape index (κ3) is 3.19. The van der Waals surface area contributed by atoms with Crippen LogP contribution in [0.4, 0.5) is 0 Å². The fourth-order valence-corrected chi connectivity index (χ4v) is 1.28. The molecule has 0 aliphatic rings. The summed E-state index contributed by atoms with van der Waals surface area (Å²) in [6, 6.07) is 9.31. The Morgan fingerprint density at radius 2 is 2.00 bits per heavy atom. The summed E-state index contributed by atoms with van der Waals surface area (Å²) in [5.41, 5.74) is 2.74. The first-order valence-electron chi connectivity index (χ1n) is 4.85. The van der Waals surface area contributed by atoms with E-state index in [1.165, 1.54) is 11.1 Å². The highest BCUT2D eigenvalue weighted by Crippen LogP contribution is 2.08. The highest BCUT2D eigenvalue weighted by molar-refractivity contribution is 5.21. The smallest absolute Gasteiger partial charge is 0.0233 e. The third-order valence-electron chi connectivity index (χ3n) is 2.40. The highest BCUT2D eigenvalue weighted by atomic mass is 15.1. The van der Waals surface area contributed by atoms with Crippen LogP contribution in [-0.4, -0.2) is 18.0 Å². The summed E-state index contributed by atoms with van der Waals surface area (Å²) in [5, 5.41) is 0. The summed E-state index contributed by atoms with van der Waals surface area (Å²) in [4.78, 5) is 2.34. The van der Waals surface area contributed by atoms with E-state index in [0.717, 1.165) is 6.54 Å². The molecule has 0 bridgehead atoms. The van der Waals surface area contributed by atoms with Gasteiger partial charge in [-0.2, -0.15) is 0 Å². The second-order valence-electron chi connectivity index (χ2n) is 4.00. The second-order valence-corrected chi connectivity index (χ2v) is 4.00. The lowest BCUT2D eigenvalue weighted by molar-refractivity contribution is 0.266. The van der Waals surface area contributed by atoms with E-state index in [-0.39, 0.29) is 0 Å². The molecule has 0 heterocycles. The largest absolute Gasteiger partial charge is 0.300 e.